The summed E-state index contributed by atoms with van der Waals surface area (Å²) in [5.41, 5.74) is 0. The molecule has 1 saturated carbocycles. The standard InChI is InChI=1S/C7H10/c1-3-7-4-6(2)5-7/h1,6-7H,4-5H2,2H3. The molecule has 0 spiro atoms. The van der Waals surface area contributed by atoms with Gasteiger partial charge in [0, 0.05) is 5.92 Å². The van der Waals surface area contributed by atoms with Crippen molar-refractivity contribution < 1.29 is 0 Å². The molecule has 1 aliphatic rings. The van der Waals surface area contributed by atoms with Gasteiger partial charge in [-0.25, -0.2) is 0 Å². The highest BCUT2D eigenvalue weighted by Crippen LogP contribution is 2.31. The summed E-state index contributed by atoms with van der Waals surface area (Å²) >= 11 is 0. The lowest BCUT2D eigenvalue weighted by atomic mass is 9.77. The van der Waals surface area contributed by atoms with Crippen molar-refractivity contribution in [3.05, 3.63) is 0 Å². The van der Waals surface area contributed by atoms with Crippen LogP contribution >= 0.6 is 0 Å². The molecule has 0 aromatic carbocycles. The average Bonchev–Trinajstić information content (AvgIpc) is 1.58. The molecule has 1 aliphatic carbocycles. The van der Waals surface area contributed by atoms with Crippen LogP contribution in [0.3, 0.4) is 0 Å². The Morgan fingerprint density at radius 2 is 2.14 bits per heavy atom. The number of terminal acetylenes is 1. The Labute approximate surface area is 44.9 Å². The molecule has 0 aromatic rings. The van der Waals surface area contributed by atoms with Crippen molar-refractivity contribution in [2.24, 2.45) is 11.8 Å². The van der Waals surface area contributed by atoms with E-state index in [1.165, 1.54) is 12.8 Å². The van der Waals surface area contributed by atoms with E-state index in [-0.39, 0.29) is 0 Å². The maximum atomic E-state index is 5.15. The van der Waals surface area contributed by atoms with Gasteiger partial charge in [0.1, 0.15) is 0 Å². The molecule has 0 saturated heterocycles. The lowest BCUT2D eigenvalue weighted by molar-refractivity contribution is 0.272. The topological polar surface area (TPSA) is 0 Å². The predicted octanol–water partition coefficient (Wildman–Crippen LogP) is 1.67. The van der Waals surface area contributed by atoms with Crippen LogP contribution in [-0.2, 0) is 0 Å². The zero-order valence-corrected chi connectivity index (χ0v) is 4.65. The monoisotopic (exact) mass is 94.1 g/mol. The highest BCUT2D eigenvalue weighted by Gasteiger charge is 2.22. The number of rotatable bonds is 0. The Kier molecular flexibility index (Phi) is 1.06. The van der Waals surface area contributed by atoms with Gasteiger partial charge in [-0.2, -0.15) is 0 Å². The van der Waals surface area contributed by atoms with Gasteiger partial charge >= 0.3 is 0 Å². The molecule has 0 heteroatoms. The van der Waals surface area contributed by atoms with Crippen molar-refractivity contribution in [1.29, 1.82) is 0 Å². The minimum atomic E-state index is 0.620. The van der Waals surface area contributed by atoms with E-state index in [9.17, 15) is 0 Å². The van der Waals surface area contributed by atoms with E-state index in [2.05, 4.69) is 12.8 Å². The molecule has 0 aromatic heterocycles. The predicted molar refractivity (Wildman–Crippen MR) is 30.7 cm³/mol. The van der Waals surface area contributed by atoms with Gasteiger partial charge in [0.2, 0.25) is 0 Å². The van der Waals surface area contributed by atoms with Crippen LogP contribution < -0.4 is 0 Å². The van der Waals surface area contributed by atoms with Crippen LogP contribution in [0.4, 0.5) is 0 Å². The molecule has 0 radical (unpaired) electrons. The fraction of sp³-hybridized carbons (Fsp3) is 0.714. The van der Waals surface area contributed by atoms with Crippen molar-refractivity contribution in [3.8, 4) is 12.3 Å². The van der Waals surface area contributed by atoms with E-state index >= 15 is 0 Å². The summed E-state index contributed by atoms with van der Waals surface area (Å²) in [6.45, 7) is 2.24. The van der Waals surface area contributed by atoms with Crippen molar-refractivity contribution in [2.45, 2.75) is 19.8 Å². The van der Waals surface area contributed by atoms with Gasteiger partial charge in [-0.3, -0.25) is 0 Å². The van der Waals surface area contributed by atoms with Crippen molar-refractivity contribution in [3.63, 3.8) is 0 Å². The molecular weight excluding hydrogens is 84.1 g/mol. The van der Waals surface area contributed by atoms with Crippen LogP contribution in [0.1, 0.15) is 19.8 Å². The smallest absolute Gasteiger partial charge is 0.0205 e. The van der Waals surface area contributed by atoms with E-state index in [1.54, 1.807) is 0 Å². The highest BCUT2D eigenvalue weighted by atomic mass is 14.3. The molecule has 0 N–H and O–H groups in total. The molecule has 0 bridgehead atoms. The van der Waals surface area contributed by atoms with Crippen LogP contribution in [0.5, 0.6) is 0 Å². The summed E-state index contributed by atoms with van der Waals surface area (Å²) in [7, 11) is 0. The molecule has 7 heavy (non-hydrogen) atoms. The summed E-state index contributed by atoms with van der Waals surface area (Å²) in [4.78, 5) is 0. The van der Waals surface area contributed by atoms with Gasteiger partial charge < -0.3 is 0 Å². The van der Waals surface area contributed by atoms with Crippen molar-refractivity contribution in [2.75, 3.05) is 0 Å². The second-order valence-electron chi connectivity index (χ2n) is 2.44. The third kappa shape index (κ3) is 0.771. The Morgan fingerprint density at radius 3 is 2.29 bits per heavy atom. The number of hydrogen-bond acceptors (Lipinski definition) is 0. The summed E-state index contributed by atoms with van der Waals surface area (Å²) in [6.07, 6.45) is 7.67. The molecule has 1 fully saturated rings. The zero-order chi connectivity index (χ0) is 5.28. The van der Waals surface area contributed by atoms with Crippen LogP contribution in [0, 0.1) is 24.2 Å². The molecule has 0 nitrogen and oxygen atoms in total. The van der Waals surface area contributed by atoms with E-state index in [0.29, 0.717) is 5.92 Å². The lowest BCUT2D eigenvalue weighted by Gasteiger charge is -2.27. The third-order valence-electron chi connectivity index (χ3n) is 1.61. The van der Waals surface area contributed by atoms with E-state index in [4.69, 9.17) is 6.42 Å². The Hall–Kier alpha value is -0.440. The molecule has 0 aliphatic heterocycles. The van der Waals surface area contributed by atoms with Crippen molar-refractivity contribution >= 4 is 0 Å². The van der Waals surface area contributed by atoms with Crippen LogP contribution in [0.2, 0.25) is 0 Å². The van der Waals surface area contributed by atoms with Crippen molar-refractivity contribution in [1.82, 2.24) is 0 Å². The van der Waals surface area contributed by atoms with Gasteiger partial charge in [-0.1, -0.05) is 6.92 Å². The maximum absolute atomic E-state index is 5.15. The molecule has 0 amide bonds. The molecular formula is C7H10. The van der Waals surface area contributed by atoms with Crippen LogP contribution in [0.25, 0.3) is 0 Å². The summed E-state index contributed by atoms with van der Waals surface area (Å²) in [5.74, 6) is 4.26. The Morgan fingerprint density at radius 1 is 1.57 bits per heavy atom. The van der Waals surface area contributed by atoms with Gasteiger partial charge in [0.15, 0.2) is 0 Å². The minimum Gasteiger partial charge on any atom is -0.120 e. The van der Waals surface area contributed by atoms with Gasteiger partial charge in [-0.15, -0.1) is 12.3 Å². The van der Waals surface area contributed by atoms with E-state index < -0.39 is 0 Å². The van der Waals surface area contributed by atoms with Gasteiger partial charge in [0.05, 0.1) is 0 Å². The molecule has 1 rings (SSSR count). The second-order valence-corrected chi connectivity index (χ2v) is 2.44. The fourth-order valence-corrected chi connectivity index (χ4v) is 1.04. The lowest BCUT2D eigenvalue weighted by Crippen LogP contribution is -2.18. The molecule has 0 heterocycles. The fourth-order valence-electron chi connectivity index (χ4n) is 1.04. The summed E-state index contributed by atoms with van der Waals surface area (Å²) in [5, 5.41) is 0. The zero-order valence-electron chi connectivity index (χ0n) is 4.65. The van der Waals surface area contributed by atoms with Crippen LogP contribution in [0.15, 0.2) is 0 Å². The third-order valence-corrected chi connectivity index (χ3v) is 1.61. The second kappa shape index (κ2) is 1.58. The SMILES string of the molecule is C#CC1CC(C)C1. The van der Waals surface area contributed by atoms with Crippen LogP contribution in [-0.4, -0.2) is 0 Å². The Bertz CT molecular complexity index is 91.1. The molecule has 38 valence electrons. The highest BCUT2D eigenvalue weighted by molar-refractivity contribution is 4.99. The van der Waals surface area contributed by atoms with Gasteiger partial charge in [0.25, 0.3) is 0 Å². The first-order valence-electron chi connectivity index (χ1n) is 2.79. The summed E-state index contributed by atoms with van der Waals surface area (Å²) in [6, 6.07) is 0. The normalized spacial score (nSPS) is 38.9. The molecule has 0 atom stereocenters. The van der Waals surface area contributed by atoms with E-state index in [1.807, 2.05) is 0 Å². The summed E-state index contributed by atoms with van der Waals surface area (Å²) < 4.78 is 0. The first-order chi connectivity index (χ1) is 3.33. The first kappa shape index (κ1) is 4.71. The average molecular weight is 94.2 g/mol. The van der Waals surface area contributed by atoms with Gasteiger partial charge in [-0.05, 0) is 18.8 Å². The largest absolute Gasteiger partial charge is 0.120 e. The first-order valence-corrected chi connectivity index (χ1v) is 2.79. The molecule has 0 unspecified atom stereocenters. The Balaban J connectivity index is 2.21. The maximum Gasteiger partial charge on any atom is 0.0205 e. The quantitative estimate of drug-likeness (QED) is 0.400. The number of hydrogen-bond donors (Lipinski definition) is 0. The van der Waals surface area contributed by atoms with E-state index in [0.717, 1.165) is 5.92 Å². The minimum absolute atomic E-state index is 0.620.